The minimum Gasteiger partial charge on any atom is -0.369 e. The normalized spacial score (nSPS) is 14.1. The zero-order valence-corrected chi connectivity index (χ0v) is 18.3. The first-order valence-electron chi connectivity index (χ1n) is 11.1. The summed E-state index contributed by atoms with van der Waals surface area (Å²) < 4.78 is 13.5. The summed E-state index contributed by atoms with van der Waals surface area (Å²) in [6.07, 6.45) is 6.24. The number of amides is 1. The summed E-state index contributed by atoms with van der Waals surface area (Å²) in [4.78, 5) is 21.6. The van der Waals surface area contributed by atoms with Crippen LogP contribution in [0.1, 0.15) is 30.9 Å². The summed E-state index contributed by atoms with van der Waals surface area (Å²) in [6, 6.07) is 17.9. The first-order valence-corrected chi connectivity index (χ1v) is 11.1. The molecule has 0 aliphatic heterocycles. The fourth-order valence-electron chi connectivity index (χ4n) is 4.03. The number of carbonyl (C=O) groups excluding carboxylic acids is 1. The zero-order chi connectivity index (χ0) is 22.5. The van der Waals surface area contributed by atoms with Crippen LogP contribution in [0.15, 0.2) is 73.1 Å². The number of aromatic nitrogens is 1. The summed E-state index contributed by atoms with van der Waals surface area (Å²) in [5.41, 5.74) is 10.0. The molecule has 4 rings (SSSR count). The number of carbonyl (C=O) groups is 1. The van der Waals surface area contributed by atoms with Crippen LogP contribution in [-0.4, -0.2) is 29.5 Å². The highest BCUT2D eigenvalue weighted by Gasteiger charge is 2.28. The Morgan fingerprint density at radius 2 is 1.84 bits per heavy atom. The van der Waals surface area contributed by atoms with E-state index in [0.717, 1.165) is 17.7 Å². The number of anilines is 2. The molecule has 1 aromatic heterocycles. The monoisotopic (exact) mass is 432 g/mol. The summed E-state index contributed by atoms with van der Waals surface area (Å²) >= 11 is 0. The Bertz CT molecular complexity index is 1040. The van der Waals surface area contributed by atoms with Gasteiger partial charge >= 0.3 is 0 Å². The maximum atomic E-state index is 13.5. The summed E-state index contributed by atoms with van der Waals surface area (Å²) in [5, 5.41) is 0. The third-order valence-electron chi connectivity index (χ3n) is 5.81. The first kappa shape index (κ1) is 22.0. The van der Waals surface area contributed by atoms with Crippen molar-refractivity contribution in [1.29, 1.82) is 0 Å². The number of pyridine rings is 1. The van der Waals surface area contributed by atoms with E-state index >= 15 is 0 Å². The minimum atomic E-state index is -0.731. The van der Waals surface area contributed by atoms with E-state index < -0.39 is 6.04 Å². The second kappa shape index (κ2) is 9.92. The molecule has 1 aliphatic carbocycles. The number of hydrogen-bond donors (Lipinski definition) is 1. The zero-order valence-electron chi connectivity index (χ0n) is 18.3. The Balaban J connectivity index is 1.58. The van der Waals surface area contributed by atoms with Gasteiger partial charge in [-0.1, -0.05) is 18.2 Å². The SMILES string of the molecule is CCN(c1cccc(CN(C(=O)[C@@H](N)Cc2cccnc2)c2ccc(F)cc2)c1)C1CC1. The molecule has 0 saturated heterocycles. The van der Waals surface area contributed by atoms with E-state index in [1.807, 2.05) is 24.3 Å². The van der Waals surface area contributed by atoms with Crippen molar-refractivity contribution in [2.75, 3.05) is 16.3 Å². The fourth-order valence-corrected chi connectivity index (χ4v) is 4.03. The largest absolute Gasteiger partial charge is 0.369 e. The van der Waals surface area contributed by atoms with Crippen molar-refractivity contribution in [1.82, 2.24) is 4.98 Å². The van der Waals surface area contributed by atoms with Crippen molar-refractivity contribution in [2.24, 2.45) is 5.73 Å². The molecule has 2 aromatic carbocycles. The van der Waals surface area contributed by atoms with Gasteiger partial charge in [-0.05, 0) is 79.8 Å². The molecule has 6 heteroatoms. The Morgan fingerprint density at radius 1 is 1.09 bits per heavy atom. The number of benzene rings is 2. The van der Waals surface area contributed by atoms with Crippen molar-refractivity contribution >= 4 is 17.3 Å². The van der Waals surface area contributed by atoms with Gasteiger partial charge in [0.05, 0.1) is 12.6 Å². The Morgan fingerprint density at radius 3 is 2.50 bits per heavy atom. The van der Waals surface area contributed by atoms with Gasteiger partial charge in [0.15, 0.2) is 0 Å². The molecule has 0 bridgehead atoms. The van der Waals surface area contributed by atoms with Gasteiger partial charge in [0, 0.05) is 36.4 Å². The molecule has 2 N–H and O–H groups in total. The van der Waals surface area contributed by atoms with Crippen LogP contribution in [-0.2, 0) is 17.8 Å². The maximum Gasteiger partial charge on any atom is 0.244 e. The number of rotatable bonds is 9. The van der Waals surface area contributed by atoms with Crippen LogP contribution < -0.4 is 15.5 Å². The van der Waals surface area contributed by atoms with Crippen LogP contribution in [0, 0.1) is 5.82 Å². The quantitative estimate of drug-likeness (QED) is 0.547. The molecule has 5 nitrogen and oxygen atoms in total. The van der Waals surface area contributed by atoms with Gasteiger partial charge in [-0.25, -0.2) is 4.39 Å². The van der Waals surface area contributed by atoms with Gasteiger partial charge in [0.25, 0.3) is 0 Å². The van der Waals surface area contributed by atoms with Gasteiger partial charge in [-0.2, -0.15) is 0 Å². The third-order valence-corrected chi connectivity index (χ3v) is 5.81. The van der Waals surface area contributed by atoms with Crippen molar-refractivity contribution in [2.45, 2.75) is 44.8 Å². The van der Waals surface area contributed by atoms with Crippen LogP contribution in [0.25, 0.3) is 0 Å². The molecule has 166 valence electrons. The average Bonchev–Trinajstić information content (AvgIpc) is 3.64. The highest BCUT2D eigenvalue weighted by molar-refractivity contribution is 5.97. The van der Waals surface area contributed by atoms with Crippen molar-refractivity contribution in [3.63, 3.8) is 0 Å². The molecule has 1 saturated carbocycles. The molecule has 1 fully saturated rings. The number of nitrogens with two attached hydrogens (primary N) is 1. The molecule has 1 aliphatic rings. The van der Waals surface area contributed by atoms with Gasteiger partial charge in [0.2, 0.25) is 5.91 Å². The van der Waals surface area contributed by atoms with Gasteiger partial charge in [-0.15, -0.1) is 0 Å². The Hall–Kier alpha value is -3.25. The third kappa shape index (κ3) is 5.32. The second-order valence-corrected chi connectivity index (χ2v) is 8.26. The summed E-state index contributed by atoms with van der Waals surface area (Å²) in [7, 11) is 0. The lowest BCUT2D eigenvalue weighted by Crippen LogP contribution is -2.45. The molecular weight excluding hydrogens is 403 g/mol. The van der Waals surface area contributed by atoms with Crippen LogP contribution in [0.5, 0.6) is 0 Å². The smallest absolute Gasteiger partial charge is 0.244 e. The average molecular weight is 433 g/mol. The summed E-state index contributed by atoms with van der Waals surface area (Å²) in [6.45, 7) is 3.47. The minimum absolute atomic E-state index is 0.208. The molecule has 32 heavy (non-hydrogen) atoms. The van der Waals surface area contributed by atoms with Crippen LogP contribution >= 0.6 is 0 Å². The van der Waals surface area contributed by atoms with Crippen LogP contribution in [0.3, 0.4) is 0 Å². The molecule has 1 atom stereocenters. The highest BCUT2D eigenvalue weighted by Crippen LogP contribution is 2.32. The van der Waals surface area contributed by atoms with Crippen molar-refractivity contribution in [3.05, 3.63) is 90.0 Å². The van der Waals surface area contributed by atoms with E-state index in [4.69, 9.17) is 5.73 Å². The molecular formula is C26H29FN4O. The van der Waals surface area contributed by atoms with E-state index in [-0.39, 0.29) is 11.7 Å². The fraction of sp³-hybridized carbons (Fsp3) is 0.308. The molecule has 1 heterocycles. The second-order valence-electron chi connectivity index (χ2n) is 8.26. The molecule has 0 unspecified atom stereocenters. The molecule has 1 amide bonds. The van der Waals surface area contributed by atoms with E-state index in [1.54, 1.807) is 29.4 Å². The lowest BCUT2D eigenvalue weighted by atomic mass is 10.1. The van der Waals surface area contributed by atoms with E-state index in [2.05, 4.69) is 28.9 Å². The predicted octanol–water partition coefficient (Wildman–Crippen LogP) is 4.31. The lowest BCUT2D eigenvalue weighted by Gasteiger charge is -2.27. The maximum absolute atomic E-state index is 13.5. The predicted molar refractivity (Wildman–Crippen MR) is 126 cm³/mol. The number of hydrogen-bond acceptors (Lipinski definition) is 4. The molecule has 0 radical (unpaired) electrons. The number of halogens is 1. The van der Waals surface area contributed by atoms with Gasteiger partial charge in [0.1, 0.15) is 5.82 Å². The van der Waals surface area contributed by atoms with Crippen LogP contribution in [0.4, 0.5) is 15.8 Å². The highest BCUT2D eigenvalue weighted by atomic mass is 19.1. The Labute approximate surface area is 188 Å². The van der Waals surface area contributed by atoms with Crippen LogP contribution in [0.2, 0.25) is 0 Å². The number of nitrogens with zero attached hydrogens (tertiary/aromatic N) is 3. The standard InChI is InChI=1S/C26H29FN4O/c1-2-30(22-12-13-22)24-7-3-5-20(15-24)18-31(23-10-8-21(27)9-11-23)26(32)25(28)16-19-6-4-14-29-17-19/h3-11,14-15,17,22,25H,2,12-13,16,18,28H2,1H3/t25-/m0/s1. The summed E-state index contributed by atoms with van der Waals surface area (Å²) in [5.74, 6) is -0.550. The van der Waals surface area contributed by atoms with E-state index in [9.17, 15) is 9.18 Å². The van der Waals surface area contributed by atoms with Crippen molar-refractivity contribution in [3.8, 4) is 0 Å². The molecule has 3 aromatic rings. The van der Waals surface area contributed by atoms with Gasteiger partial charge < -0.3 is 15.5 Å². The topological polar surface area (TPSA) is 62.5 Å². The van der Waals surface area contributed by atoms with Crippen molar-refractivity contribution < 1.29 is 9.18 Å². The van der Waals surface area contributed by atoms with E-state index in [0.29, 0.717) is 24.7 Å². The lowest BCUT2D eigenvalue weighted by molar-refractivity contribution is -0.120. The van der Waals surface area contributed by atoms with Gasteiger partial charge in [-0.3, -0.25) is 9.78 Å². The Kier molecular flexibility index (Phi) is 6.81. The first-order chi connectivity index (χ1) is 15.5. The molecule has 0 spiro atoms. The van der Waals surface area contributed by atoms with E-state index in [1.165, 1.54) is 30.7 Å².